The molecule has 3 rings (SSSR count). The topological polar surface area (TPSA) is 85.3 Å². The lowest BCUT2D eigenvalue weighted by Gasteiger charge is -2.17. The van der Waals surface area contributed by atoms with Crippen LogP contribution in [-0.4, -0.2) is 46.2 Å². The Morgan fingerprint density at radius 1 is 1.17 bits per heavy atom. The van der Waals surface area contributed by atoms with Crippen LogP contribution in [0.2, 0.25) is 0 Å². The maximum atomic E-state index is 13.0. The molecule has 2 aromatic carbocycles. The Kier molecular flexibility index (Phi) is 9.47. The fourth-order valence-corrected chi connectivity index (χ4v) is 3.47. The van der Waals surface area contributed by atoms with Crippen LogP contribution in [0.5, 0.6) is 11.5 Å². The van der Waals surface area contributed by atoms with E-state index in [9.17, 15) is 8.78 Å². The van der Waals surface area contributed by atoms with Crippen molar-refractivity contribution in [2.24, 2.45) is 10.1 Å². The molecule has 0 radical (unpaired) electrons. The van der Waals surface area contributed by atoms with Gasteiger partial charge in [0.1, 0.15) is 11.5 Å². The number of halogens is 2. The zero-order valence-corrected chi connectivity index (χ0v) is 21.8. The van der Waals surface area contributed by atoms with E-state index in [1.54, 1.807) is 30.3 Å². The van der Waals surface area contributed by atoms with E-state index >= 15 is 0 Å². The highest BCUT2D eigenvalue weighted by atomic mass is 31.0. The zero-order valence-electron chi connectivity index (χ0n) is 20.7. The number of ether oxygens (including phenoxy) is 2. The molecule has 0 N–H and O–H groups in total. The Hall–Kier alpha value is -3.39. The molecule has 3 aromatic rings. The first-order valence-corrected chi connectivity index (χ1v) is 12.1. The van der Waals surface area contributed by atoms with E-state index in [0.29, 0.717) is 12.1 Å². The van der Waals surface area contributed by atoms with Crippen LogP contribution in [0.1, 0.15) is 45.1 Å². The second kappa shape index (κ2) is 12.5. The summed E-state index contributed by atoms with van der Waals surface area (Å²) in [7, 11) is 3.14. The van der Waals surface area contributed by atoms with Crippen LogP contribution in [0, 0.1) is 0 Å². The molecular formula is C25H30F2N5O3P. The minimum atomic E-state index is -3.35. The van der Waals surface area contributed by atoms with Crippen molar-refractivity contribution in [3.8, 4) is 22.9 Å². The lowest BCUT2D eigenvalue weighted by Crippen LogP contribution is -2.16. The first-order chi connectivity index (χ1) is 17.2. The van der Waals surface area contributed by atoms with E-state index in [1.165, 1.54) is 21.4 Å². The van der Waals surface area contributed by atoms with E-state index in [1.807, 2.05) is 31.3 Å². The van der Waals surface area contributed by atoms with Crippen LogP contribution in [-0.2, 0) is 6.54 Å². The molecule has 1 aromatic heterocycles. The number of amidine groups is 1. The Morgan fingerprint density at radius 3 is 2.53 bits per heavy atom. The summed E-state index contributed by atoms with van der Waals surface area (Å²) in [5.74, 6) is -1.88. The molecular weight excluding hydrogens is 487 g/mol. The Bertz CT molecular complexity index is 1170. The van der Waals surface area contributed by atoms with Crippen molar-refractivity contribution in [2.75, 3.05) is 7.05 Å². The summed E-state index contributed by atoms with van der Waals surface area (Å²) in [5, 5.41) is 10.2. The van der Waals surface area contributed by atoms with Gasteiger partial charge in [0.2, 0.25) is 11.7 Å². The summed E-state index contributed by atoms with van der Waals surface area (Å²) in [4.78, 5) is 8.64. The number of nitrogens with zero attached hydrogens (tertiary/aromatic N) is 5. The Labute approximate surface area is 211 Å². The maximum absolute atomic E-state index is 13.0. The van der Waals surface area contributed by atoms with Crippen LogP contribution in [0.25, 0.3) is 11.4 Å². The van der Waals surface area contributed by atoms with Gasteiger partial charge in [0.25, 0.3) is 5.89 Å². The normalized spacial score (nSPS) is 12.4. The average molecular weight is 518 g/mol. The summed E-state index contributed by atoms with van der Waals surface area (Å²) in [6.07, 6.45) is 3.65. The molecule has 0 aliphatic heterocycles. The molecule has 192 valence electrons. The van der Waals surface area contributed by atoms with Crippen molar-refractivity contribution in [1.29, 1.82) is 0 Å². The van der Waals surface area contributed by atoms with Crippen LogP contribution in [0.15, 0.2) is 63.1 Å². The van der Waals surface area contributed by atoms with Crippen LogP contribution < -0.4 is 9.47 Å². The summed E-state index contributed by atoms with van der Waals surface area (Å²) in [5.41, 5.74) is 1.58. The Balaban J connectivity index is 1.74. The van der Waals surface area contributed by atoms with Crippen LogP contribution in [0.4, 0.5) is 8.78 Å². The lowest BCUT2D eigenvalue weighted by atomic mass is 10.2. The summed E-state index contributed by atoms with van der Waals surface area (Å²) < 4.78 is 41.9. The highest BCUT2D eigenvalue weighted by Crippen LogP contribution is 2.28. The fraction of sp³-hybridized carbons (Fsp3) is 0.360. The van der Waals surface area contributed by atoms with Crippen molar-refractivity contribution in [3.63, 3.8) is 0 Å². The van der Waals surface area contributed by atoms with Crippen LogP contribution >= 0.6 is 9.24 Å². The van der Waals surface area contributed by atoms with Crippen molar-refractivity contribution < 1.29 is 22.8 Å². The van der Waals surface area contributed by atoms with Gasteiger partial charge < -0.3 is 14.0 Å². The highest BCUT2D eigenvalue weighted by molar-refractivity contribution is 7.17. The largest absolute Gasteiger partial charge is 0.490 e. The predicted molar refractivity (Wildman–Crippen MR) is 139 cm³/mol. The molecule has 11 heteroatoms. The second-order valence-electron chi connectivity index (χ2n) is 7.94. The van der Waals surface area contributed by atoms with E-state index in [0.717, 1.165) is 24.2 Å². The molecule has 0 saturated heterocycles. The zero-order chi connectivity index (χ0) is 26.1. The fourth-order valence-electron chi connectivity index (χ4n) is 3.33. The SMILES string of the molecule is CC=N/C(=N\N(C)Cc1cccc(OC(CC)CC)c1)c1nc(-c2ccc(OC(F)(F)P)cc2)no1. The van der Waals surface area contributed by atoms with Gasteiger partial charge in [0, 0.05) is 18.8 Å². The lowest BCUT2D eigenvalue weighted by molar-refractivity contribution is -0.0892. The monoisotopic (exact) mass is 517 g/mol. The molecule has 0 aliphatic carbocycles. The number of alkyl halides is 2. The van der Waals surface area contributed by atoms with Gasteiger partial charge in [-0.15, -0.1) is 0 Å². The summed E-state index contributed by atoms with van der Waals surface area (Å²) in [6, 6.07) is 13.8. The van der Waals surface area contributed by atoms with Gasteiger partial charge in [-0.1, -0.05) is 31.1 Å². The number of hydrogen-bond donors (Lipinski definition) is 0. The van der Waals surface area contributed by atoms with Gasteiger partial charge in [0.15, 0.2) is 0 Å². The van der Waals surface area contributed by atoms with E-state index in [-0.39, 0.29) is 29.4 Å². The standard InChI is InChI=1S/C25H30F2N5O3P/c1-5-19(6-2)33-21-10-8-9-17(15-21)16-32(4)30-23(28-7-3)24-29-22(31-35-24)18-11-13-20(14-12-18)34-25(26,27)36/h7-15,19H,5-6,16,36H2,1-4H3/b28-7?,30-23-. The molecule has 0 bridgehead atoms. The number of benzene rings is 2. The molecule has 0 aliphatic rings. The molecule has 0 spiro atoms. The van der Waals surface area contributed by atoms with Crippen molar-refractivity contribution in [2.45, 2.75) is 52.1 Å². The van der Waals surface area contributed by atoms with Gasteiger partial charge in [-0.2, -0.15) is 18.9 Å². The molecule has 0 saturated carbocycles. The van der Waals surface area contributed by atoms with Crippen molar-refractivity contribution in [1.82, 2.24) is 15.1 Å². The smallest absolute Gasteiger partial charge is 0.408 e. The van der Waals surface area contributed by atoms with Crippen molar-refractivity contribution in [3.05, 3.63) is 60.0 Å². The number of hydrogen-bond acceptors (Lipinski definition) is 7. The summed E-state index contributed by atoms with van der Waals surface area (Å²) >= 11 is 0. The quantitative estimate of drug-likeness (QED) is 0.134. The molecule has 0 amide bonds. The average Bonchev–Trinajstić information content (AvgIpc) is 3.32. The van der Waals surface area contributed by atoms with Crippen molar-refractivity contribution >= 4 is 21.3 Å². The third-order valence-corrected chi connectivity index (χ3v) is 5.14. The first-order valence-electron chi connectivity index (χ1n) is 11.5. The molecule has 1 unspecified atom stereocenters. The number of aromatic nitrogens is 2. The Morgan fingerprint density at radius 2 is 1.89 bits per heavy atom. The molecule has 8 nitrogen and oxygen atoms in total. The number of aliphatic imine (C=N–C) groups is 1. The van der Waals surface area contributed by atoms with Gasteiger partial charge in [0.05, 0.1) is 12.6 Å². The highest BCUT2D eigenvalue weighted by Gasteiger charge is 2.23. The molecule has 1 atom stereocenters. The third-order valence-electron chi connectivity index (χ3n) is 5.02. The number of rotatable bonds is 11. The van der Waals surface area contributed by atoms with Gasteiger partial charge >= 0.3 is 5.85 Å². The minimum absolute atomic E-state index is 0.0105. The molecule has 1 heterocycles. The maximum Gasteiger partial charge on any atom is 0.408 e. The molecule has 0 fully saturated rings. The number of hydrazone groups is 1. The van der Waals surface area contributed by atoms with E-state index in [2.05, 4.69) is 38.8 Å². The summed E-state index contributed by atoms with van der Waals surface area (Å²) in [6.45, 7) is 6.48. The predicted octanol–water partition coefficient (Wildman–Crippen LogP) is 5.99. The first kappa shape index (κ1) is 27.2. The minimum Gasteiger partial charge on any atom is -0.490 e. The van der Waals surface area contributed by atoms with E-state index < -0.39 is 5.85 Å². The van der Waals surface area contributed by atoms with Gasteiger partial charge in [-0.05, 0) is 71.0 Å². The van der Waals surface area contributed by atoms with Crippen LogP contribution in [0.3, 0.4) is 0 Å². The van der Waals surface area contributed by atoms with Gasteiger partial charge in [-0.25, -0.2) is 4.99 Å². The van der Waals surface area contributed by atoms with E-state index in [4.69, 9.17) is 9.26 Å². The van der Waals surface area contributed by atoms with Gasteiger partial charge in [-0.3, -0.25) is 5.01 Å². The second-order valence-corrected chi connectivity index (χ2v) is 8.61. The third kappa shape index (κ3) is 8.09. The molecule has 36 heavy (non-hydrogen) atoms.